The number of esters is 1. The molecule has 0 fully saturated rings. The van der Waals surface area contributed by atoms with Gasteiger partial charge in [0.2, 0.25) is 15.0 Å². The number of ether oxygens (including phenoxy) is 1. The quantitative estimate of drug-likeness (QED) is 0.232. The maximum atomic E-state index is 13.0. The molecule has 12 heteroatoms. The second kappa shape index (κ2) is 10.1. The zero-order chi connectivity index (χ0) is 24.0. The first kappa shape index (κ1) is 23.7. The first-order valence-corrected chi connectivity index (χ1v) is 11.7. The largest absolute Gasteiger partial charge is 0.423 e. The fourth-order valence-corrected chi connectivity index (χ4v) is 3.96. The van der Waals surface area contributed by atoms with Gasteiger partial charge in [0.15, 0.2) is 0 Å². The number of halogens is 1. The number of amides is 1. The Morgan fingerprint density at radius 3 is 2.45 bits per heavy atom. The minimum atomic E-state index is -3.62. The summed E-state index contributed by atoms with van der Waals surface area (Å²) in [7, 11) is -3.62. The predicted octanol–water partition coefficient (Wildman–Crippen LogP) is 3.24. The van der Waals surface area contributed by atoms with E-state index < -0.39 is 32.7 Å². The van der Waals surface area contributed by atoms with Crippen LogP contribution in [0.15, 0.2) is 59.3 Å². The fourth-order valence-electron chi connectivity index (χ4n) is 2.38. The number of carbonyl (C=O) groups excluding carboxylic acids is 2. The molecule has 1 aromatic heterocycles. The maximum absolute atomic E-state index is 13.0. The molecule has 1 amide bonds. The van der Waals surface area contributed by atoms with Crippen molar-refractivity contribution in [2.24, 2.45) is 0 Å². The molecule has 0 saturated carbocycles. The van der Waals surface area contributed by atoms with E-state index in [1.807, 2.05) is 0 Å². The van der Waals surface area contributed by atoms with Crippen LogP contribution in [0.4, 0.5) is 9.52 Å². The Labute approximate surface area is 192 Å². The van der Waals surface area contributed by atoms with Crippen LogP contribution < -0.4 is 10.1 Å². The van der Waals surface area contributed by atoms with E-state index in [1.165, 1.54) is 49.4 Å². The van der Waals surface area contributed by atoms with Crippen LogP contribution in [0, 0.1) is 17.1 Å². The SMILES string of the molecule is CCS(=O)(=O)c1nsc(NC(=O)/C(C#N)=C\c2ccc(OC(=O)c3ccc(F)cc3)cc2)n1. The van der Waals surface area contributed by atoms with Gasteiger partial charge in [0, 0.05) is 11.5 Å². The van der Waals surface area contributed by atoms with Gasteiger partial charge >= 0.3 is 5.97 Å². The molecule has 3 rings (SSSR count). The van der Waals surface area contributed by atoms with Crippen molar-refractivity contribution in [3.05, 3.63) is 71.0 Å². The molecule has 0 saturated heterocycles. The van der Waals surface area contributed by atoms with Gasteiger partial charge in [-0.3, -0.25) is 10.1 Å². The Bertz CT molecular complexity index is 1360. The highest BCUT2D eigenvalue weighted by atomic mass is 32.2. The van der Waals surface area contributed by atoms with E-state index in [-0.39, 0.29) is 27.8 Å². The number of hydrogen-bond donors (Lipinski definition) is 1. The molecule has 0 aliphatic carbocycles. The van der Waals surface area contributed by atoms with Gasteiger partial charge in [0.1, 0.15) is 23.2 Å². The highest BCUT2D eigenvalue weighted by Gasteiger charge is 2.20. The van der Waals surface area contributed by atoms with Gasteiger partial charge in [0.25, 0.3) is 11.1 Å². The molecule has 0 aliphatic heterocycles. The second-order valence-corrected chi connectivity index (χ2v) is 9.30. The van der Waals surface area contributed by atoms with Crippen molar-refractivity contribution >= 4 is 44.5 Å². The molecule has 33 heavy (non-hydrogen) atoms. The molecule has 0 unspecified atom stereocenters. The zero-order valence-electron chi connectivity index (χ0n) is 17.0. The van der Waals surface area contributed by atoms with Crippen molar-refractivity contribution in [3.63, 3.8) is 0 Å². The summed E-state index contributed by atoms with van der Waals surface area (Å²) in [5, 5.41) is 11.2. The zero-order valence-corrected chi connectivity index (χ0v) is 18.6. The summed E-state index contributed by atoms with van der Waals surface area (Å²) in [6, 6.07) is 12.6. The summed E-state index contributed by atoms with van der Waals surface area (Å²) in [4.78, 5) is 28.2. The minimum Gasteiger partial charge on any atom is -0.423 e. The molecule has 0 atom stereocenters. The molecule has 9 nitrogen and oxygen atoms in total. The van der Waals surface area contributed by atoms with Crippen LogP contribution in [0.3, 0.4) is 0 Å². The third-order valence-corrected chi connectivity index (χ3v) is 6.38. The van der Waals surface area contributed by atoms with Crippen molar-refractivity contribution < 1.29 is 27.1 Å². The van der Waals surface area contributed by atoms with Crippen LogP contribution in [-0.4, -0.2) is 35.4 Å². The molecule has 0 radical (unpaired) electrons. The lowest BCUT2D eigenvalue weighted by atomic mass is 10.1. The van der Waals surface area contributed by atoms with Gasteiger partial charge in [-0.1, -0.05) is 19.1 Å². The van der Waals surface area contributed by atoms with Gasteiger partial charge in [-0.15, -0.1) is 0 Å². The van der Waals surface area contributed by atoms with Gasteiger partial charge in [0.05, 0.1) is 11.3 Å². The number of aromatic nitrogens is 2. The summed E-state index contributed by atoms with van der Waals surface area (Å²) >= 11 is 0.683. The van der Waals surface area contributed by atoms with Crippen LogP contribution in [0.5, 0.6) is 5.75 Å². The van der Waals surface area contributed by atoms with E-state index in [1.54, 1.807) is 6.07 Å². The Morgan fingerprint density at radius 1 is 1.18 bits per heavy atom. The minimum absolute atomic E-state index is 0.0590. The fraction of sp³-hybridized carbons (Fsp3) is 0.0952. The van der Waals surface area contributed by atoms with Crippen LogP contribution in [0.25, 0.3) is 6.08 Å². The van der Waals surface area contributed by atoms with E-state index in [0.29, 0.717) is 17.1 Å². The summed E-state index contributed by atoms with van der Waals surface area (Å²) < 4.78 is 45.4. The lowest BCUT2D eigenvalue weighted by molar-refractivity contribution is -0.112. The normalized spacial score (nSPS) is 11.5. The lowest BCUT2D eigenvalue weighted by Gasteiger charge is -2.05. The number of nitrogens with zero attached hydrogens (tertiary/aromatic N) is 3. The van der Waals surface area contributed by atoms with Gasteiger partial charge in [-0.2, -0.15) is 14.6 Å². The maximum Gasteiger partial charge on any atom is 0.343 e. The van der Waals surface area contributed by atoms with E-state index in [2.05, 4.69) is 14.7 Å². The second-order valence-electron chi connectivity index (χ2n) is 6.37. The van der Waals surface area contributed by atoms with Crippen LogP contribution in [0.2, 0.25) is 0 Å². The first-order chi connectivity index (χ1) is 15.7. The van der Waals surface area contributed by atoms with Gasteiger partial charge in [-0.25, -0.2) is 17.6 Å². The topological polar surface area (TPSA) is 139 Å². The van der Waals surface area contributed by atoms with Gasteiger partial charge in [-0.05, 0) is 48.0 Å². The number of anilines is 1. The summed E-state index contributed by atoms with van der Waals surface area (Å²) in [6.07, 6.45) is 1.30. The number of nitrogens with one attached hydrogen (secondary N) is 1. The Morgan fingerprint density at radius 2 is 1.85 bits per heavy atom. The Kier molecular flexibility index (Phi) is 7.27. The summed E-state index contributed by atoms with van der Waals surface area (Å²) in [5.74, 6) is -1.91. The van der Waals surface area contributed by atoms with E-state index in [0.717, 1.165) is 12.1 Å². The molecule has 1 N–H and O–H groups in total. The third-order valence-electron chi connectivity index (χ3n) is 4.13. The molecular weight excluding hydrogens is 471 g/mol. The average Bonchev–Trinajstić information content (AvgIpc) is 3.28. The van der Waals surface area contributed by atoms with Crippen molar-refractivity contribution in [3.8, 4) is 11.8 Å². The van der Waals surface area contributed by atoms with Crippen LogP contribution >= 0.6 is 11.5 Å². The first-order valence-electron chi connectivity index (χ1n) is 9.29. The van der Waals surface area contributed by atoms with Crippen LogP contribution in [-0.2, 0) is 14.6 Å². The molecule has 1 heterocycles. The van der Waals surface area contributed by atoms with Crippen molar-refractivity contribution in [2.75, 3.05) is 11.1 Å². The molecule has 0 aliphatic rings. The highest BCUT2D eigenvalue weighted by Crippen LogP contribution is 2.19. The Balaban J connectivity index is 1.68. The standard InChI is InChI=1S/C21H15FN4O5S2/c1-2-33(29,30)21-25-20(32-26-21)24-18(27)15(12-23)11-13-3-9-17(10-4-13)31-19(28)14-5-7-16(22)8-6-14/h3-11H,2H2,1H3,(H,24,25,26,27)/b15-11-. The van der Waals surface area contributed by atoms with Crippen molar-refractivity contribution in [2.45, 2.75) is 12.1 Å². The van der Waals surface area contributed by atoms with E-state index in [4.69, 9.17) is 4.74 Å². The molecule has 2 aromatic carbocycles. The number of benzene rings is 2. The number of hydrogen-bond acceptors (Lipinski definition) is 9. The molecule has 0 spiro atoms. The Hall–Kier alpha value is -3.95. The number of nitriles is 1. The third kappa shape index (κ3) is 6.06. The van der Waals surface area contributed by atoms with Crippen LogP contribution in [0.1, 0.15) is 22.8 Å². The molecular formula is C21H15FN4O5S2. The summed E-state index contributed by atoms with van der Waals surface area (Å²) in [6.45, 7) is 1.44. The average molecular weight is 487 g/mol. The summed E-state index contributed by atoms with van der Waals surface area (Å²) in [5.41, 5.74) is 0.381. The number of rotatable bonds is 7. The van der Waals surface area contributed by atoms with Crippen molar-refractivity contribution in [1.82, 2.24) is 9.36 Å². The van der Waals surface area contributed by atoms with E-state index in [9.17, 15) is 27.7 Å². The van der Waals surface area contributed by atoms with E-state index >= 15 is 0 Å². The smallest absolute Gasteiger partial charge is 0.343 e. The highest BCUT2D eigenvalue weighted by molar-refractivity contribution is 7.91. The lowest BCUT2D eigenvalue weighted by Crippen LogP contribution is -2.13. The van der Waals surface area contributed by atoms with Gasteiger partial charge < -0.3 is 4.74 Å². The molecule has 0 bridgehead atoms. The monoisotopic (exact) mass is 486 g/mol. The molecule has 3 aromatic rings. The van der Waals surface area contributed by atoms with Crippen molar-refractivity contribution in [1.29, 1.82) is 5.26 Å². The number of sulfone groups is 1. The predicted molar refractivity (Wildman–Crippen MR) is 118 cm³/mol. The number of carbonyl (C=O) groups is 2. The molecule has 168 valence electrons.